The summed E-state index contributed by atoms with van der Waals surface area (Å²) in [5.74, 6) is -0.547. The summed E-state index contributed by atoms with van der Waals surface area (Å²) in [4.78, 5) is 31.1. The average Bonchev–Trinajstić information content (AvgIpc) is 3.33. The predicted molar refractivity (Wildman–Crippen MR) is 115 cm³/mol. The molecule has 30 heavy (non-hydrogen) atoms. The zero-order chi connectivity index (χ0) is 21.4. The van der Waals surface area contributed by atoms with Crippen molar-refractivity contribution in [2.75, 3.05) is 33.2 Å². The third-order valence-electron chi connectivity index (χ3n) is 6.35. The van der Waals surface area contributed by atoms with Crippen LogP contribution in [0.3, 0.4) is 0 Å². The van der Waals surface area contributed by atoms with E-state index in [1.54, 1.807) is 24.1 Å². The van der Waals surface area contributed by atoms with Gasteiger partial charge >= 0.3 is 0 Å². The highest BCUT2D eigenvalue weighted by molar-refractivity contribution is 5.99. The van der Waals surface area contributed by atoms with Crippen LogP contribution in [0.4, 0.5) is 4.39 Å². The van der Waals surface area contributed by atoms with Gasteiger partial charge in [-0.3, -0.25) is 14.5 Å². The molecule has 1 atom stereocenters. The first kappa shape index (κ1) is 20.5. The quantitative estimate of drug-likeness (QED) is 0.757. The number of likely N-dealkylation sites (tertiary alicyclic amines) is 1. The fourth-order valence-electron chi connectivity index (χ4n) is 4.67. The van der Waals surface area contributed by atoms with Crippen molar-refractivity contribution in [3.05, 3.63) is 58.9 Å². The molecule has 0 saturated carbocycles. The standard InChI is InChI=1S/C24H28FN3O2/c1-4-27(5-2)21-8-9-28(15-21)23(29)18-11-17(12-20(25)13-18)16-6-7-22-19(10-16)14-26(3)24(22)30/h6-7,10-13,21H,4-5,8-9,14-15H2,1-3H3. The molecule has 2 aromatic carbocycles. The van der Waals surface area contributed by atoms with E-state index in [2.05, 4.69) is 18.7 Å². The van der Waals surface area contributed by atoms with Gasteiger partial charge in [0.15, 0.2) is 0 Å². The topological polar surface area (TPSA) is 43.9 Å². The Balaban J connectivity index is 1.58. The Morgan fingerprint density at radius 1 is 1.13 bits per heavy atom. The number of likely N-dealkylation sites (N-methyl/N-ethyl adjacent to an activating group) is 1. The lowest BCUT2D eigenvalue weighted by atomic mass is 9.98. The van der Waals surface area contributed by atoms with E-state index in [0.717, 1.165) is 30.6 Å². The minimum atomic E-state index is -0.427. The van der Waals surface area contributed by atoms with E-state index in [4.69, 9.17) is 0 Å². The zero-order valence-corrected chi connectivity index (χ0v) is 17.8. The summed E-state index contributed by atoms with van der Waals surface area (Å²) in [5, 5.41) is 0. The number of carbonyl (C=O) groups excluding carboxylic acids is 2. The lowest BCUT2D eigenvalue weighted by Gasteiger charge is -2.26. The number of carbonyl (C=O) groups is 2. The SMILES string of the molecule is CCN(CC)C1CCN(C(=O)c2cc(F)cc(-c3ccc4c(c3)CN(C)C4=O)c2)C1. The van der Waals surface area contributed by atoms with Gasteiger partial charge in [0.1, 0.15) is 5.82 Å². The Morgan fingerprint density at radius 3 is 2.63 bits per heavy atom. The van der Waals surface area contributed by atoms with Crippen LogP contribution in [-0.2, 0) is 6.54 Å². The van der Waals surface area contributed by atoms with E-state index < -0.39 is 5.82 Å². The fraction of sp³-hybridized carbons (Fsp3) is 0.417. The fourth-order valence-corrected chi connectivity index (χ4v) is 4.67. The summed E-state index contributed by atoms with van der Waals surface area (Å²) < 4.78 is 14.4. The number of hydrogen-bond acceptors (Lipinski definition) is 3. The van der Waals surface area contributed by atoms with Crippen LogP contribution >= 0.6 is 0 Å². The van der Waals surface area contributed by atoms with Crippen LogP contribution in [0.1, 0.15) is 46.5 Å². The summed E-state index contributed by atoms with van der Waals surface area (Å²) in [6.45, 7) is 8.11. The molecule has 0 aromatic heterocycles. The number of benzene rings is 2. The molecule has 0 spiro atoms. The van der Waals surface area contributed by atoms with Crippen LogP contribution in [0.25, 0.3) is 11.1 Å². The van der Waals surface area contributed by atoms with Crippen molar-refractivity contribution in [3.8, 4) is 11.1 Å². The lowest BCUT2D eigenvalue weighted by molar-refractivity contribution is 0.0776. The van der Waals surface area contributed by atoms with Crippen molar-refractivity contribution < 1.29 is 14.0 Å². The highest BCUT2D eigenvalue weighted by Gasteiger charge is 2.30. The molecule has 0 bridgehead atoms. The van der Waals surface area contributed by atoms with Gasteiger partial charge in [0.25, 0.3) is 11.8 Å². The first-order valence-corrected chi connectivity index (χ1v) is 10.6. The van der Waals surface area contributed by atoms with Gasteiger partial charge in [0, 0.05) is 43.9 Å². The summed E-state index contributed by atoms with van der Waals surface area (Å²) in [6.07, 6.45) is 0.946. The van der Waals surface area contributed by atoms with Gasteiger partial charge in [-0.25, -0.2) is 4.39 Å². The van der Waals surface area contributed by atoms with Crippen LogP contribution in [0, 0.1) is 5.82 Å². The number of halogens is 1. The van der Waals surface area contributed by atoms with Crippen LogP contribution < -0.4 is 0 Å². The number of fused-ring (bicyclic) bond motifs is 1. The molecule has 1 saturated heterocycles. The molecular formula is C24H28FN3O2. The normalized spacial score (nSPS) is 18.4. The van der Waals surface area contributed by atoms with E-state index in [1.165, 1.54) is 12.1 Å². The Morgan fingerprint density at radius 2 is 1.90 bits per heavy atom. The Bertz CT molecular complexity index is 986. The molecular weight excluding hydrogens is 381 g/mol. The molecule has 4 rings (SSSR count). The van der Waals surface area contributed by atoms with Gasteiger partial charge in [-0.05, 0) is 66.5 Å². The van der Waals surface area contributed by atoms with E-state index in [1.807, 2.05) is 17.0 Å². The molecule has 0 N–H and O–H groups in total. The predicted octanol–water partition coefficient (Wildman–Crippen LogP) is 3.63. The maximum atomic E-state index is 14.4. The molecule has 6 heteroatoms. The molecule has 5 nitrogen and oxygen atoms in total. The third kappa shape index (κ3) is 3.72. The van der Waals surface area contributed by atoms with Crippen molar-refractivity contribution in [1.29, 1.82) is 0 Å². The van der Waals surface area contributed by atoms with Crippen LogP contribution in [0.2, 0.25) is 0 Å². The number of rotatable bonds is 5. The van der Waals surface area contributed by atoms with E-state index in [-0.39, 0.29) is 11.8 Å². The minimum Gasteiger partial charge on any atom is -0.337 e. The lowest BCUT2D eigenvalue weighted by Crippen LogP contribution is -2.38. The van der Waals surface area contributed by atoms with E-state index in [9.17, 15) is 14.0 Å². The second-order valence-electron chi connectivity index (χ2n) is 8.18. The first-order chi connectivity index (χ1) is 14.4. The maximum absolute atomic E-state index is 14.4. The average molecular weight is 410 g/mol. The van der Waals surface area contributed by atoms with Crippen LogP contribution in [-0.4, -0.2) is 65.8 Å². The van der Waals surface area contributed by atoms with E-state index >= 15 is 0 Å². The van der Waals surface area contributed by atoms with E-state index in [0.29, 0.717) is 42.4 Å². The second-order valence-corrected chi connectivity index (χ2v) is 8.18. The Kier molecular flexibility index (Phi) is 5.60. The van der Waals surface area contributed by atoms with Gasteiger partial charge < -0.3 is 9.80 Å². The summed E-state index contributed by atoms with van der Waals surface area (Å²) in [6, 6.07) is 10.4. The molecule has 2 aliphatic heterocycles. The largest absolute Gasteiger partial charge is 0.337 e. The molecule has 2 aliphatic rings. The van der Waals surface area contributed by atoms with Gasteiger partial charge in [-0.2, -0.15) is 0 Å². The van der Waals surface area contributed by atoms with Crippen molar-refractivity contribution in [2.24, 2.45) is 0 Å². The van der Waals surface area contributed by atoms with Gasteiger partial charge in [0.05, 0.1) is 0 Å². The highest BCUT2D eigenvalue weighted by atomic mass is 19.1. The molecule has 2 aromatic rings. The Labute approximate surface area is 177 Å². The molecule has 2 amide bonds. The number of hydrogen-bond donors (Lipinski definition) is 0. The monoisotopic (exact) mass is 409 g/mol. The molecule has 1 fully saturated rings. The van der Waals surface area contributed by atoms with Crippen molar-refractivity contribution >= 4 is 11.8 Å². The molecule has 2 heterocycles. The van der Waals surface area contributed by atoms with Crippen molar-refractivity contribution in [1.82, 2.24) is 14.7 Å². The molecule has 1 unspecified atom stereocenters. The maximum Gasteiger partial charge on any atom is 0.254 e. The summed E-state index contributed by atoms with van der Waals surface area (Å²) in [7, 11) is 1.77. The third-order valence-corrected chi connectivity index (χ3v) is 6.35. The summed E-state index contributed by atoms with van der Waals surface area (Å²) >= 11 is 0. The van der Waals surface area contributed by atoms with Crippen molar-refractivity contribution in [3.63, 3.8) is 0 Å². The smallest absolute Gasteiger partial charge is 0.254 e. The van der Waals surface area contributed by atoms with Gasteiger partial charge in [0.2, 0.25) is 0 Å². The molecule has 0 radical (unpaired) electrons. The summed E-state index contributed by atoms with van der Waals surface area (Å²) in [5.41, 5.74) is 3.46. The zero-order valence-electron chi connectivity index (χ0n) is 17.8. The second kappa shape index (κ2) is 8.19. The first-order valence-electron chi connectivity index (χ1n) is 10.6. The van der Waals surface area contributed by atoms with Crippen LogP contribution in [0.15, 0.2) is 36.4 Å². The highest BCUT2D eigenvalue weighted by Crippen LogP contribution is 2.29. The minimum absolute atomic E-state index is 0.00319. The van der Waals surface area contributed by atoms with Gasteiger partial charge in [-0.15, -0.1) is 0 Å². The Hall–Kier alpha value is -2.73. The van der Waals surface area contributed by atoms with Gasteiger partial charge in [-0.1, -0.05) is 19.9 Å². The van der Waals surface area contributed by atoms with Crippen LogP contribution in [0.5, 0.6) is 0 Å². The molecule has 0 aliphatic carbocycles. The molecule has 158 valence electrons. The number of amides is 2. The van der Waals surface area contributed by atoms with Crippen molar-refractivity contribution in [2.45, 2.75) is 32.9 Å². The number of nitrogens with zero attached hydrogens (tertiary/aromatic N) is 3.